The summed E-state index contributed by atoms with van der Waals surface area (Å²) in [4.78, 5) is 74.8. The molecule has 0 aromatic heterocycles. The van der Waals surface area contributed by atoms with Crippen LogP contribution in [0.4, 0.5) is 14.0 Å². The molecule has 5 atom stereocenters. The molecule has 256 valence electrons. The number of alkyl carbamates (subject to hydrolysis) is 1. The number of halogens is 1. The maximum Gasteiger partial charge on any atom is 0.410 e. The predicted octanol–water partition coefficient (Wildman–Crippen LogP) is 3.21. The highest BCUT2D eigenvalue weighted by Crippen LogP contribution is 2.45. The molecule has 47 heavy (non-hydrogen) atoms. The Hall–Kier alpha value is -4.20. The fourth-order valence-electron chi connectivity index (χ4n) is 6.53. The standard InChI is InChI=1S/C33H44FN5O8/c1-32(2,3)47-30(43)35-25-14-9-7-5-6-8-12-21-16-33(21,29(42)37-45-4)36-27(40)26-15-22(18-39(26)28(25)41)46-31(44)38-17-20-11-10-13-24(34)23(20)19-38/h8,10-13,21-22,25-26H,5-7,9,14-19H2,1-4H3,(H,35,43)(H,36,40)(H,37,42)/t21-,22-,25+,26+,33-/m1/s1. The number of nitrogens with one attached hydrogen (secondary N) is 3. The molecule has 3 heterocycles. The first-order chi connectivity index (χ1) is 22.3. The molecule has 14 heteroatoms. The van der Waals surface area contributed by atoms with Gasteiger partial charge < -0.3 is 25.0 Å². The highest BCUT2D eigenvalue weighted by atomic mass is 19.1. The first-order valence-corrected chi connectivity index (χ1v) is 16.1. The number of ether oxygens (including phenoxy) is 2. The SMILES string of the molecule is CONC(=O)[C@@]12C[C@H]1C=CCCCCC[C@H](NC(=O)OC(C)(C)C)C(=O)N1C[C@H](OC(=O)N3Cc4cccc(F)c4C3)C[C@H]1C(=O)N2. The molecule has 1 aromatic carbocycles. The zero-order chi connectivity index (χ0) is 33.9. The molecule has 1 aromatic rings. The quantitative estimate of drug-likeness (QED) is 0.330. The van der Waals surface area contributed by atoms with Crippen molar-refractivity contribution in [1.82, 2.24) is 25.9 Å². The summed E-state index contributed by atoms with van der Waals surface area (Å²) in [5.74, 6) is -2.32. The highest BCUT2D eigenvalue weighted by molar-refractivity contribution is 5.98. The Bertz CT molecular complexity index is 1430. The maximum absolute atomic E-state index is 14.3. The molecule has 1 saturated carbocycles. The van der Waals surface area contributed by atoms with Crippen molar-refractivity contribution in [2.45, 2.75) is 108 Å². The van der Waals surface area contributed by atoms with Gasteiger partial charge in [0.25, 0.3) is 5.91 Å². The van der Waals surface area contributed by atoms with Gasteiger partial charge in [-0.3, -0.25) is 24.1 Å². The van der Waals surface area contributed by atoms with Crippen molar-refractivity contribution in [2.75, 3.05) is 13.7 Å². The summed E-state index contributed by atoms with van der Waals surface area (Å²) < 4.78 is 25.6. The molecular formula is C33H44FN5O8. The Morgan fingerprint density at radius 2 is 1.89 bits per heavy atom. The van der Waals surface area contributed by atoms with Gasteiger partial charge in [0.05, 0.1) is 20.2 Å². The number of allylic oxidation sites excluding steroid dienone is 1. The van der Waals surface area contributed by atoms with E-state index in [1.165, 1.54) is 23.0 Å². The minimum atomic E-state index is -1.27. The summed E-state index contributed by atoms with van der Waals surface area (Å²) in [7, 11) is 1.30. The van der Waals surface area contributed by atoms with Crippen LogP contribution in [0.5, 0.6) is 0 Å². The largest absolute Gasteiger partial charge is 0.444 e. The van der Waals surface area contributed by atoms with Crippen molar-refractivity contribution >= 4 is 29.9 Å². The van der Waals surface area contributed by atoms with Gasteiger partial charge in [0.1, 0.15) is 35.1 Å². The molecule has 13 nitrogen and oxygen atoms in total. The van der Waals surface area contributed by atoms with E-state index in [0.717, 1.165) is 19.3 Å². The van der Waals surface area contributed by atoms with Crippen LogP contribution in [0.2, 0.25) is 0 Å². The Balaban J connectivity index is 1.38. The zero-order valence-electron chi connectivity index (χ0n) is 27.3. The van der Waals surface area contributed by atoms with Gasteiger partial charge in [-0.25, -0.2) is 19.5 Å². The smallest absolute Gasteiger partial charge is 0.410 e. The Kier molecular flexibility index (Phi) is 10.1. The van der Waals surface area contributed by atoms with Gasteiger partial charge >= 0.3 is 12.2 Å². The van der Waals surface area contributed by atoms with Crippen molar-refractivity contribution in [3.63, 3.8) is 0 Å². The van der Waals surface area contributed by atoms with E-state index in [2.05, 4.69) is 16.1 Å². The third-order valence-corrected chi connectivity index (χ3v) is 8.98. The lowest BCUT2D eigenvalue weighted by molar-refractivity contribution is -0.143. The van der Waals surface area contributed by atoms with Crippen molar-refractivity contribution in [1.29, 1.82) is 0 Å². The lowest BCUT2D eigenvalue weighted by Gasteiger charge is -2.30. The molecule has 4 aliphatic rings. The lowest BCUT2D eigenvalue weighted by Crippen LogP contribution is -2.57. The molecule has 0 bridgehead atoms. The summed E-state index contributed by atoms with van der Waals surface area (Å²) in [5, 5.41) is 5.56. The summed E-state index contributed by atoms with van der Waals surface area (Å²) in [6.07, 6.45) is 5.15. The summed E-state index contributed by atoms with van der Waals surface area (Å²) in [5.41, 5.74) is 1.35. The van der Waals surface area contributed by atoms with Crippen LogP contribution >= 0.6 is 0 Å². The van der Waals surface area contributed by atoms with Gasteiger partial charge in [0.2, 0.25) is 11.8 Å². The molecule has 2 fully saturated rings. The lowest BCUT2D eigenvalue weighted by atomic mass is 10.0. The molecule has 5 rings (SSSR count). The summed E-state index contributed by atoms with van der Waals surface area (Å²) >= 11 is 0. The van der Waals surface area contributed by atoms with Gasteiger partial charge in [0, 0.05) is 24.4 Å². The van der Waals surface area contributed by atoms with Gasteiger partial charge in [0.15, 0.2) is 0 Å². The van der Waals surface area contributed by atoms with Crippen molar-refractivity contribution in [3.05, 3.63) is 47.3 Å². The van der Waals surface area contributed by atoms with E-state index in [9.17, 15) is 28.4 Å². The third kappa shape index (κ3) is 7.86. The number of nitrogens with zero attached hydrogens (tertiary/aromatic N) is 2. The molecule has 0 radical (unpaired) electrons. The number of hydroxylamine groups is 1. The van der Waals surface area contributed by atoms with E-state index in [-0.39, 0.29) is 32.0 Å². The van der Waals surface area contributed by atoms with Crippen LogP contribution in [0.15, 0.2) is 30.4 Å². The first kappa shape index (κ1) is 34.1. The number of rotatable bonds is 4. The van der Waals surface area contributed by atoms with Gasteiger partial charge in [-0.15, -0.1) is 0 Å². The second-order valence-electron chi connectivity index (χ2n) is 13.7. The number of hydrogen-bond acceptors (Lipinski definition) is 8. The monoisotopic (exact) mass is 657 g/mol. The number of benzene rings is 1. The topological polar surface area (TPSA) is 156 Å². The third-order valence-electron chi connectivity index (χ3n) is 8.98. The first-order valence-electron chi connectivity index (χ1n) is 16.1. The van der Waals surface area contributed by atoms with E-state index in [0.29, 0.717) is 30.4 Å². The van der Waals surface area contributed by atoms with E-state index < -0.39 is 65.1 Å². The molecular weight excluding hydrogens is 613 g/mol. The van der Waals surface area contributed by atoms with Crippen molar-refractivity contribution < 1.29 is 42.7 Å². The minimum absolute atomic E-state index is 0.0358. The van der Waals surface area contributed by atoms with Crippen LogP contribution in [0.3, 0.4) is 0 Å². The molecule has 1 aliphatic carbocycles. The zero-order valence-corrected chi connectivity index (χ0v) is 27.3. The average Bonchev–Trinajstić information content (AvgIpc) is 3.31. The van der Waals surface area contributed by atoms with Gasteiger partial charge in [-0.2, -0.15) is 0 Å². The molecule has 1 saturated heterocycles. The predicted molar refractivity (Wildman–Crippen MR) is 166 cm³/mol. The Morgan fingerprint density at radius 3 is 2.62 bits per heavy atom. The van der Waals surface area contributed by atoms with E-state index >= 15 is 0 Å². The maximum atomic E-state index is 14.3. The van der Waals surface area contributed by atoms with Crippen molar-refractivity contribution in [2.24, 2.45) is 5.92 Å². The Labute approximate surface area is 273 Å². The van der Waals surface area contributed by atoms with Crippen LogP contribution in [0.1, 0.15) is 76.8 Å². The minimum Gasteiger partial charge on any atom is -0.444 e. The van der Waals surface area contributed by atoms with E-state index in [1.807, 2.05) is 12.2 Å². The number of carbonyl (C=O) groups is 5. The highest BCUT2D eigenvalue weighted by Gasteiger charge is 2.61. The van der Waals surface area contributed by atoms with Crippen LogP contribution in [0, 0.1) is 11.7 Å². The van der Waals surface area contributed by atoms with Gasteiger partial charge in [-0.05, 0) is 58.1 Å². The molecule has 3 aliphatic heterocycles. The summed E-state index contributed by atoms with van der Waals surface area (Å²) in [6, 6.07) is 2.54. The van der Waals surface area contributed by atoms with E-state index in [4.69, 9.17) is 14.3 Å². The van der Waals surface area contributed by atoms with Crippen LogP contribution in [-0.2, 0) is 41.8 Å². The number of fused-ring (bicyclic) bond motifs is 3. The Morgan fingerprint density at radius 1 is 1.11 bits per heavy atom. The average molecular weight is 658 g/mol. The van der Waals surface area contributed by atoms with Crippen molar-refractivity contribution in [3.8, 4) is 0 Å². The second kappa shape index (κ2) is 13.9. The molecule has 0 unspecified atom stereocenters. The van der Waals surface area contributed by atoms with E-state index in [1.54, 1.807) is 32.9 Å². The van der Waals surface area contributed by atoms with Crippen LogP contribution in [-0.4, -0.2) is 82.7 Å². The van der Waals surface area contributed by atoms with Gasteiger partial charge in [-0.1, -0.05) is 37.1 Å². The molecule has 0 spiro atoms. The molecule has 5 amide bonds. The van der Waals surface area contributed by atoms with Crippen LogP contribution in [0.25, 0.3) is 0 Å². The fraction of sp³-hybridized carbons (Fsp3) is 0.606. The number of amides is 5. The summed E-state index contributed by atoms with van der Waals surface area (Å²) in [6.45, 7) is 5.22. The normalized spacial score (nSPS) is 27.8. The van der Waals surface area contributed by atoms with Crippen LogP contribution < -0.4 is 16.1 Å². The number of carbonyl (C=O) groups excluding carboxylic acids is 5. The molecule has 3 N–H and O–H groups in total. The number of hydrogen-bond donors (Lipinski definition) is 3. The second-order valence-corrected chi connectivity index (χ2v) is 13.7. The fourth-order valence-corrected chi connectivity index (χ4v) is 6.53.